The molecule has 0 saturated heterocycles. The van der Waals surface area contributed by atoms with Crippen molar-refractivity contribution >= 4 is 11.4 Å². The number of rotatable bonds is 7. The molecule has 3 heteroatoms. The molecule has 1 aromatic rings. The Labute approximate surface area is 127 Å². The average molecular weight is 286 g/mol. The van der Waals surface area contributed by atoms with E-state index in [-0.39, 0.29) is 6.61 Å². The first-order valence-electron chi connectivity index (χ1n) is 8.18. The first kappa shape index (κ1) is 14.5. The van der Waals surface area contributed by atoms with Crippen molar-refractivity contribution in [2.45, 2.75) is 19.8 Å². The van der Waals surface area contributed by atoms with Gasteiger partial charge in [0.2, 0.25) is 0 Å². The summed E-state index contributed by atoms with van der Waals surface area (Å²) in [7, 11) is 0. The summed E-state index contributed by atoms with van der Waals surface area (Å²) in [5, 5.41) is 12.7. The molecule has 3 unspecified atom stereocenters. The molecule has 3 rings (SSSR count). The maximum absolute atomic E-state index is 9.08. The summed E-state index contributed by atoms with van der Waals surface area (Å²) in [5.41, 5.74) is 2.38. The van der Waals surface area contributed by atoms with Gasteiger partial charge in [-0.05, 0) is 61.8 Å². The molecule has 0 spiro atoms. The van der Waals surface area contributed by atoms with Crippen LogP contribution in [0.2, 0.25) is 0 Å². The van der Waals surface area contributed by atoms with Crippen LogP contribution in [0.3, 0.4) is 0 Å². The number of allylic oxidation sites excluding steroid dienone is 2. The van der Waals surface area contributed by atoms with Crippen LogP contribution >= 0.6 is 0 Å². The zero-order chi connectivity index (χ0) is 14.7. The standard InChI is InChI=1S/C18H26N2O/c1-2-20(9-10-21)18-7-5-17(6-8-18)19-13-16-12-14-3-4-15(16)11-14/h3-8,14-16,19,21H,2,9-13H2,1H3. The van der Waals surface area contributed by atoms with E-state index in [0.29, 0.717) is 6.54 Å². The van der Waals surface area contributed by atoms with Crippen molar-refractivity contribution in [1.82, 2.24) is 0 Å². The molecule has 0 aromatic heterocycles. The Morgan fingerprint density at radius 1 is 1.19 bits per heavy atom. The molecule has 1 saturated carbocycles. The number of aliphatic hydroxyl groups excluding tert-OH is 1. The second kappa shape index (κ2) is 6.52. The molecule has 0 amide bonds. The minimum atomic E-state index is 0.200. The van der Waals surface area contributed by atoms with Crippen LogP contribution in [0.5, 0.6) is 0 Å². The highest BCUT2D eigenvalue weighted by atomic mass is 16.3. The van der Waals surface area contributed by atoms with Gasteiger partial charge in [-0.1, -0.05) is 12.2 Å². The minimum absolute atomic E-state index is 0.200. The zero-order valence-corrected chi connectivity index (χ0v) is 12.8. The molecule has 114 valence electrons. The van der Waals surface area contributed by atoms with Gasteiger partial charge in [-0.3, -0.25) is 0 Å². The molecule has 2 N–H and O–H groups in total. The third-order valence-electron chi connectivity index (χ3n) is 4.97. The number of hydrogen-bond donors (Lipinski definition) is 2. The Bertz CT molecular complexity index is 482. The lowest BCUT2D eigenvalue weighted by Crippen LogP contribution is -2.26. The van der Waals surface area contributed by atoms with Gasteiger partial charge in [0.05, 0.1) is 6.61 Å². The highest BCUT2D eigenvalue weighted by molar-refractivity contribution is 5.55. The number of nitrogens with one attached hydrogen (secondary N) is 1. The number of hydrogen-bond acceptors (Lipinski definition) is 3. The van der Waals surface area contributed by atoms with Gasteiger partial charge in [-0.15, -0.1) is 0 Å². The molecular formula is C18H26N2O. The highest BCUT2D eigenvalue weighted by Gasteiger charge is 2.35. The molecule has 0 heterocycles. The molecule has 1 fully saturated rings. The van der Waals surface area contributed by atoms with Crippen LogP contribution in [0.1, 0.15) is 19.8 Å². The van der Waals surface area contributed by atoms with E-state index in [0.717, 1.165) is 30.8 Å². The normalized spacial score (nSPS) is 26.3. The zero-order valence-electron chi connectivity index (χ0n) is 12.8. The van der Waals surface area contributed by atoms with E-state index in [2.05, 4.69) is 53.6 Å². The summed E-state index contributed by atoms with van der Waals surface area (Å²) in [5.74, 6) is 2.46. The van der Waals surface area contributed by atoms with Gasteiger partial charge in [0.1, 0.15) is 0 Å². The molecule has 3 atom stereocenters. The molecule has 2 aliphatic rings. The second-order valence-electron chi connectivity index (χ2n) is 6.27. The monoisotopic (exact) mass is 286 g/mol. The van der Waals surface area contributed by atoms with Crippen LogP contribution in [0, 0.1) is 17.8 Å². The smallest absolute Gasteiger partial charge is 0.0606 e. The SMILES string of the molecule is CCN(CCO)c1ccc(NCC2CC3C=CC2C3)cc1. The fraction of sp³-hybridized carbons (Fsp3) is 0.556. The first-order valence-corrected chi connectivity index (χ1v) is 8.18. The van der Waals surface area contributed by atoms with E-state index in [1.807, 2.05) is 0 Å². The van der Waals surface area contributed by atoms with Crippen LogP contribution in [0.25, 0.3) is 0 Å². The fourth-order valence-electron chi connectivity index (χ4n) is 3.76. The van der Waals surface area contributed by atoms with E-state index >= 15 is 0 Å². The third kappa shape index (κ3) is 3.24. The predicted octanol–water partition coefficient (Wildman–Crippen LogP) is 3.13. The van der Waals surface area contributed by atoms with Crippen molar-refractivity contribution in [3.8, 4) is 0 Å². The Kier molecular flexibility index (Phi) is 4.49. The number of likely N-dealkylation sites (N-methyl/N-ethyl adjacent to an activating group) is 1. The summed E-state index contributed by atoms with van der Waals surface area (Å²) in [6.07, 6.45) is 7.54. The summed E-state index contributed by atoms with van der Waals surface area (Å²) in [6.45, 7) is 5.01. The minimum Gasteiger partial charge on any atom is -0.395 e. The summed E-state index contributed by atoms with van der Waals surface area (Å²) < 4.78 is 0. The molecule has 0 radical (unpaired) electrons. The third-order valence-corrected chi connectivity index (χ3v) is 4.97. The maximum atomic E-state index is 9.08. The van der Waals surface area contributed by atoms with E-state index in [9.17, 15) is 0 Å². The van der Waals surface area contributed by atoms with E-state index < -0.39 is 0 Å². The average Bonchev–Trinajstić information content (AvgIpc) is 3.14. The molecule has 0 aliphatic heterocycles. The van der Waals surface area contributed by atoms with Crippen LogP contribution in [0.15, 0.2) is 36.4 Å². The molecular weight excluding hydrogens is 260 g/mol. The van der Waals surface area contributed by atoms with Crippen molar-refractivity contribution in [2.75, 3.05) is 36.5 Å². The molecule has 2 aliphatic carbocycles. The van der Waals surface area contributed by atoms with Crippen molar-refractivity contribution in [3.05, 3.63) is 36.4 Å². The van der Waals surface area contributed by atoms with Gasteiger partial charge in [-0.25, -0.2) is 0 Å². The van der Waals surface area contributed by atoms with Gasteiger partial charge >= 0.3 is 0 Å². The molecule has 3 nitrogen and oxygen atoms in total. The molecule has 21 heavy (non-hydrogen) atoms. The lowest BCUT2D eigenvalue weighted by molar-refractivity contribution is 0.302. The fourth-order valence-corrected chi connectivity index (χ4v) is 3.76. The quantitative estimate of drug-likeness (QED) is 0.756. The lowest BCUT2D eigenvalue weighted by atomic mass is 9.93. The largest absolute Gasteiger partial charge is 0.395 e. The van der Waals surface area contributed by atoms with Crippen LogP contribution in [-0.2, 0) is 0 Å². The summed E-state index contributed by atoms with van der Waals surface area (Å²) >= 11 is 0. The highest BCUT2D eigenvalue weighted by Crippen LogP contribution is 2.43. The van der Waals surface area contributed by atoms with Crippen LogP contribution in [0.4, 0.5) is 11.4 Å². The van der Waals surface area contributed by atoms with Crippen LogP contribution in [-0.4, -0.2) is 31.3 Å². The number of nitrogens with zero attached hydrogens (tertiary/aromatic N) is 1. The van der Waals surface area contributed by atoms with E-state index in [1.165, 1.54) is 24.2 Å². The topological polar surface area (TPSA) is 35.5 Å². The van der Waals surface area contributed by atoms with Crippen LogP contribution < -0.4 is 10.2 Å². The number of aliphatic hydroxyl groups is 1. The molecule has 2 bridgehead atoms. The van der Waals surface area contributed by atoms with E-state index in [1.54, 1.807) is 0 Å². The summed E-state index contributed by atoms with van der Waals surface area (Å²) in [6, 6.07) is 8.58. The van der Waals surface area contributed by atoms with Crippen molar-refractivity contribution in [2.24, 2.45) is 17.8 Å². The van der Waals surface area contributed by atoms with E-state index in [4.69, 9.17) is 5.11 Å². The van der Waals surface area contributed by atoms with Gasteiger partial charge in [0.25, 0.3) is 0 Å². The number of anilines is 2. The Hall–Kier alpha value is -1.48. The Balaban J connectivity index is 1.53. The lowest BCUT2D eigenvalue weighted by Gasteiger charge is -2.23. The van der Waals surface area contributed by atoms with Gasteiger partial charge < -0.3 is 15.3 Å². The second-order valence-corrected chi connectivity index (χ2v) is 6.27. The first-order chi connectivity index (χ1) is 10.3. The Morgan fingerprint density at radius 2 is 2.00 bits per heavy atom. The van der Waals surface area contributed by atoms with Crippen molar-refractivity contribution < 1.29 is 5.11 Å². The predicted molar refractivity (Wildman–Crippen MR) is 88.7 cm³/mol. The maximum Gasteiger partial charge on any atom is 0.0606 e. The number of fused-ring (bicyclic) bond motifs is 2. The van der Waals surface area contributed by atoms with Crippen molar-refractivity contribution in [1.29, 1.82) is 0 Å². The van der Waals surface area contributed by atoms with Gasteiger partial charge in [0.15, 0.2) is 0 Å². The number of benzene rings is 1. The van der Waals surface area contributed by atoms with Gasteiger partial charge in [-0.2, -0.15) is 0 Å². The van der Waals surface area contributed by atoms with Gasteiger partial charge in [0, 0.05) is 31.0 Å². The van der Waals surface area contributed by atoms with Crippen molar-refractivity contribution in [3.63, 3.8) is 0 Å². The Morgan fingerprint density at radius 3 is 2.57 bits per heavy atom. The molecule has 1 aromatic carbocycles. The summed E-state index contributed by atoms with van der Waals surface area (Å²) in [4.78, 5) is 2.19.